The van der Waals surface area contributed by atoms with E-state index in [1.807, 2.05) is 19.9 Å². The molecule has 0 aliphatic carbocycles. The number of aliphatic hydroxyl groups is 1. The average Bonchev–Trinajstić information content (AvgIpc) is 2.69. The van der Waals surface area contributed by atoms with Gasteiger partial charge in [0.25, 0.3) is 0 Å². The minimum absolute atomic E-state index is 0.0431. The second kappa shape index (κ2) is 9.35. The summed E-state index contributed by atoms with van der Waals surface area (Å²) in [6, 6.07) is 5.47. The first-order valence-corrected chi connectivity index (χ1v) is 10.9. The van der Waals surface area contributed by atoms with Gasteiger partial charge in [0.2, 0.25) is 0 Å². The number of phenolic OH excluding ortho intramolecular Hbond substituents is 3. The Morgan fingerprint density at radius 1 is 1.21 bits per heavy atom. The van der Waals surface area contributed by atoms with Gasteiger partial charge in [-0.3, -0.25) is 4.79 Å². The third-order valence-electron chi connectivity index (χ3n) is 6.07. The van der Waals surface area contributed by atoms with Crippen molar-refractivity contribution in [3.63, 3.8) is 0 Å². The fourth-order valence-electron chi connectivity index (χ4n) is 4.13. The predicted octanol–water partition coefficient (Wildman–Crippen LogP) is 4.80. The van der Waals surface area contributed by atoms with Crippen LogP contribution in [-0.2, 0) is 6.42 Å². The lowest BCUT2D eigenvalue weighted by molar-refractivity contribution is 0.0178. The van der Waals surface area contributed by atoms with Gasteiger partial charge in [-0.25, -0.2) is 0 Å². The topological polar surface area (TPSA) is 116 Å². The lowest BCUT2D eigenvalue weighted by Crippen LogP contribution is -2.32. The second-order valence-electron chi connectivity index (χ2n) is 9.33. The zero-order valence-corrected chi connectivity index (χ0v) is 19.7. The Bertz CT molecular complexity index is 1080. The molecule has 1 aliphatic heterocycles. The third kappa shape index (κ3) is 5.25. The number of phenols is 3. The van der Waals surface area contributed by atoms with Crippen LogP contribution in [0.15, 0.2) is 35.9 Å². The summed E-state index contributed by atoms with van der Waals surface area (Å²) in [6.45, 7) is 7.41. The molecule has 0 spiro atoms. The first kappa shape index (κ1) is 24.5. The fourth-order valence-corrected chi connectivity index (χ4v) is 4.13. The highest BCUT2D eigenvalue weighted by molar-refractivity contribution is 6.03. The molecule has 0 amide bonds. The smallest absolute Gasteiger partial charge is 0.174 e. The normalized spacial score (nSPS) is 16.5. The Morgan fingerprint density at radius 2 is 1.91 bits per heavy atom. The number of Topliss-reactive ketones (excluding diaryl/α,β-unsaturated/α-hetero) is 1. The first-order valence-electron chi connectivity index (χ1n) is 10.9. The summed E-state index contributed by atoms with van der Waals surface area (Å²) in [4.78, 5) is 13.2. The minimum atomic E-state index is -1.03. The van der Waals surface area contributed by atoms with Crippen molar-refractivity contribution in [1.82, 2.24) is 0 Å². The van der Waals surface area contributed by atoms with Gasteiger partial charge in [0.15, 0.2) is 5.78 Å². The van der Waals surface area contributed by atoms with Crippen LogP contribution in [-0.4, -0.2) is 38.9 Å². The molecule has 2 atom stereocenters. The average molecular weight is 457 g/mol. The molecule has 7 heteroatoms. The zero-order valence-electron chi connectivity index (χ0n) is 19.7. The second-order valence-corrected chi connectivity index (χ2v) is 9.33. The van der Waals surface area contributed by atoms with E-state index in [4.69, 9.17) is 9.47 Å². The SMILES string of the molecule is COc1c(CC(CC=C(C)C)C(C)(C)O)c(O)cc2c1C(=O)CC(c1ccc(O)cc1O)O2. The Hall–Kier alpha value is -3.19. The van der Waals surface area contributed by atoms with E-state index < -0.39 is 11.7 Å². The van der Waals surface area contributed by atoms with Crippen LogP contribution < -0.4 is 9.47 Å². The van der Waals surface area contributed by atoms with Crippen LogP contribution in [0.2, 0.25) is 0 Å². The monoisotopic (exact) mass is 456 g/mol. The van der Waals surface area contributed by atoms with E-state index >= 15 is 0 Å². The van der Waals surface area contributed by atoms with E-state index in [0.717, 1.165) is 5.57 Å². The molecule has 4 N–H and O–H groups in total. The number of aromatic hydroxyl groups is 3. The van der Waals surface area contributed by atoms with E-state index in [0.29, 0.717) is 24.0 Å². The van der Waals surface area contributed by atoms with Crippen molar-refractivity contribution in [2.24, 2.45) is 5.92 Å². The molecule has 1 aliphatic rings. The van der Waals surface area contributed by atoms with Crippen LogP contribution >= 0.6 is 0 Å². The van der Waals surface area contributed by atoms with Crippen LogP contribution in [0, 0.1) is 5.92 Å². The van der Waals surface area contributed by atoms with Gasteiger partial charge in [-0.2, -0.15) is 0 Å². The van der Waals surface area contributed by atoms with Crippen molar-refractivity contribution in [2.75, 3.05) is 7.11 Å². The third-order valence-corrected chi connectivity index (χ3v) is 6.07. The largest absolute Gasteiger partial charge is 0.508 e. The van der Waals surface area contributed by atoms with Gasteiger partial charge < -0.3 is 29.9 Å². The number of fused-ring (bicyclic) bond motifs is 1. The standard InChI is InChI=1S/C26H32O7/c1-14(2)6-7-15(26(3,4)31)10-18-20(29)12-23-24(25(18)32-5)21(30)13-22(33-23)17-9-8-16(27)11-19(17)28/h6,8-9,11-12,15,22,27-29,31H,7,10,13H2,1-5H3. The minimum Gasteiger partial charge on any atom is -0.508 e. The van der Waals surface area contributed by atoms with Gasteiger partial charge in [-0.15, -0.1) is 0 Å². The Morgan fingerprint density at radius 3 is 2.48 bits per heavy atom. The number of hydrogen-bond donors (Lipinski definition) is 4. The van der Waals surface area contributed by atoms with Gasteiger partial charge in [0.1, 0.15) is 40.4 Å². The number of carbonyl (C=O) groups excluding carboxylic acids is 1. The van der Waals surface area contributed by atoms with Gasteiger partial charge in [-0.1, -0.05) is 11.6 Å². The van der Waals surface area contributed by atoms with Crippen LogP contribution in [0.1, 0.15) is 68.1 Å². The molecule has 0 saturated heterocycles. The van der Waals surface area contributed by atoms with E-state index in [9.17, 15) is 25.2 Å². The quantitative estimate of drug-likeness (QED) is 0.442. The molecular weight excluding hydrogens is 424 g/mol. The maximum absolute atomic E-state index is 13.2. The van der Waals surface area contributed by atoms with E-state index in [-0.39, 0.29) is 52.4 Å². The first-order chi connectivity index (χ1) is 15.4. The number of ether oxygens (including phenoxy) is 2. The number of ketones is 1. The summed E-state index contributed by atoms with van der Waals surface area (Å²) in [5, 5.41) is 41.3. The molecule has 2 aromatic carbocycles. The molecule has 1 heterocycles. The number of benzene rings is 2. The molecule has 0 fully saturated rings. The highest BCUT2D eigenvalue weighted by Gasteiger charge is 2.36. The molecule has 178 valence electrons. The number of allylic oxidation sites excluding steroid dienone is 2. The van der Waals surface area contributed by atoms with Gasteiger partial charge in [0, 0.05) is 23.3 Å². The number of rotatable bonds is 7. The zero-order chi connectivity index (χ0) is 24.5. The van der Waals surface area contributed by atoms with Crippen molar-refractivity contribution < 1.29 is 34.7 Å². The predicted molar refractivity (Wildman–Crippen MR) is 124 cm³/mol. The summed E-state index contributed by atoms with van der Waals surface area (Å²) < 4.78 is 11.6. The van der Waals surface area contributed by atoms with Crippen molar-refractivity contribution >= 4 is 5.78 Å². The van der Waals surface area contributed by atoms with Crippen LogP contribution in [0.3, 0.4) is 0 Å². The number of methoxy groups -OCH3 is 1. The van der Waals surface area contributed by atoms with E-state index in [1.165, 1.54) is 31.4 Å². The van der Waals surface area contributed by atoms with E-state index in [2.05, 4.69) is 0 Å². The molecular formula is C26H32O7. The van der Waals surface area contributed by atoms with Gasteiger partial charge in [0.05, 0.1) is 19.1 Å². The molecule has 0 bridgehead atoms. The molecule has 7 nitrogen and oxygen atoms in total. The number of hydrogen-bond acceptors (Lipinski definition) is 7. The maximum Gasteiger partial charge on any atom is 0.174 e. The highest BCUT2D eigenvalue weighted by atomic mass is 16.5. The summed E-state index contributed by atoms with van der Waals surface area (Å²) in [5.41, 5.74) is 1.13. The molecule has 2 aromatic rings. The Labute approximate surface area is 193 Å². The Kier molecular flexibility index (Phi) is 6.93. The van der Waals surface area contributed by atoms with Crippen molar-refractivity contribution in [2.45, 2.75) is 58.7 Å². The molecule has 2 unspecified atom stereocenters. The summed E-state index contributed by atoms with van der Waals surface area (Å²) in [5.74, 6) is -0.475. The lowest BCUT2D eigenvalue weighted by Gasteiger charge is -2.31. The molecule has 33 heavy (non-hydrogen) atoms. The fraction of sp³-hybridized carbons (Fsp3) is 0.423. The van der Waals surface area contributed by atoms with Crippen LogP contribution in [0.5, 0.6) is 28.7 Å². The molecule has 3 rings (SSSR count). The van der Waals surface area contributed by atoms with Gasteiger partial charge in [-0.05, 0) is 58.6 Å². The van der Waals surface area contributed by atoms with Crippen LogP contribution in [0.25, 0.3) is 0 Å². The van der Waals surface area contributed by atoms with E-state index in [1.54, 1.807) is 13.8 Å². The number of carbonyl (C=O) groups is 1. The summed E-state index contributed by atoms with van der Waals surface area (Å²) in [7, 11) is 1.43. The summed E-state index contributed by atoms with van der Waals surface area (Å²) >= 11 is 0. The highest BCUT2D eigenvalue weighted by Crippen LogP contribution is 2.47. The summed E-state index contributed by atoms with van der Waals surface area (Å²) in [6.07, 6.45) is 2.11. The molecule has 0 saturated carbocycles. The van der Waals surface area contributed by atoms with Crippen LogP contribution in [0.4, 0.5) is 0 Å². The molecule has 0 radical (unpaired) electrons. The van der Waals surface area contributed by atoms with Crippen molar-refractivity contribution in [3.8, 4) is 28.7 Å². The lowest BCUT2D eigenvalue weighted by atomic mass is 9.81. The molecule has 0 aromatic heterocycles. The van der Waals surface area contributed by atoms with Crippen molar-refractivity contribution in [1.29, 1.82) is 0 Å². The van der Waals surface area contributed by atoms with Crippen molar-refractivity contribution in [3.05, 3.63) is 52.6 Å². The maximum atomic E-state index is 13.2. The Balaban J connectivity index is 2.02. The van der Waals surface area contributed by atoms with Gasteiger partial charge >= 0.3 is 0 Å².